The van der Waals surface area contributed by atoms with Gasteiger partial charge in [-0.25, -0.2) is 0 Å². The van der Waals surface area contributed by atoms with Gasteiger partial charge in [0.1, 0.15) is 0 Å². The normalized spacial score (nSPS) is 12.5. The zero-order chi connectivity index (χ0) is 19.8. The van der Waals surface area contributed by atoms with E-state index in [4.69, 9.17) is 5.14 Å². The van der Waals surface area contributed by atoms with Gasteiger partial charge in [0.25, 0.3) is 0 Å². The van der Waals surface area contributed by atoms with E-state index in [-0.39, 0.29) is 5.75 Å². The third-order valence-electron chi connectivity index (χ3n) is 5.69. The van der Waals surface area contributed by atoms with Crippen LogP contribution >= 0.6 is 0 Å². The van der Waals surface area contributed by atoms with Crippen molar-refractivity contribution in [3.8, 4) is 0 Å². The van der Waals surface area contributed by atoms with Crippen LogP contribution in [0, 0.1) is 13.8 Å². The number of rotatable bonds is 12. The van der Waals surface area contributed by atoms with Gasteiger partial charge in [-0.05, 0) is 0 Å². The Morgan fingerprint density at radius 1 is 0.885 bits per heavy atom. The third-order valence-corrected chi connectivity index (χ3v) is 22.4. The van der Waals surface area contributed by atoms with Gasteiger partial charge in [-0.1, -0.05) is 0 Å². The molecule has 0 bridgehead atoms. The quantitative estimate of drug-likeness (QED) is 0.414. The molecular weight excluding hydrogens is 449 g/mol. The number of aryl methyl sites for hydroxylation is 1. The molecule has 26 heavy (non-hydrogen) atoms. The molecule has 3 nitrogen and oxygen atoms in total. The molecule has 0 aliphatic heterocycles. The summed E-state index contributed by atoms with van der Waals surface area (Å²) < 4.78 is 29.1. The van der Waals surface area contributed by atoms with Crippen LogP contribution in [0.1, 0.15) is 76.0 Å². The second-order valence-corrected chi connectivity index (χ2v) is 22.7. The zero-order valence-corrected chi connectivity index (χ0v) is 21.2. The summed E-state index contributed by atoms with van der Waals surface area (Å²) in [7, 11) is -3.50. The Labute approximate surface area is 166 Å². The topological polar surface area (TPSA) is 60.2 Å². The first-order valence-corrected chi connectivity index (χ1v) is 19.5. The Balaban J connectivity index is 3.48. The van der Waals surface area contributed by atoms with Crippen LogP contribution in [0.4, 0.5) is 0 Å². The fourth-order valence-corrected chi connectivity index (χ4v) is 22.3. The predicted octanol–water partition coefficient (Wildman–Crippen LogP) is 5.15. The molecular formula is C21H39NO2SSn. The van der Waals surface area contributed by atoms with E-state index in [1.165, 1.54) is 63.0 Å². The fraction of sp³-hybridized carbons (Fsp3) is 0.714. The van der Waals surface area contributed by atoms with Gasteiger partial charge >= 0.3 is 167 Å². The molecule has 1 rings (SSSR count). The second-order valence-electron chi connectivity index (χ2n) is 7.98. The van der Waals surface area contributed by atoms with E-state index in [2.05, 4.69) is 40.7 Å². The molecule has 1 aromatic carbocycles. The molecule has 0 amide bonds. The van der Waals surface area contributed by atoms with Crippen molar-refractivity contribution in [3.05, 3.63) is 28.8 Å². The van der Waals surface area contributed by atoms with Crippen LogP contribution in [-0.4, -0.2) is 26.8 Å². The van der Waals surface area contributed by atoms with E-state index in [0.717, 1.165) is 5.56 Å². The van der Waals surface area contributed by atoms with Crippen LogP contribution in [-0.2, 0) is 15.8 Å². The van der Waals surface area contributed by atoms with Crippen molar-refractivity contribution in [3.63, 3.8) is 0 Å². The van der Waals surface area contributed by atoms with Crippen molar-refractivity contribution >= 4 is 32.0 Å². The Hall–Kier alpha value is -0.0713. The summed E-state index contributed by atoms with van der Waals surface area (Å²) in [5.74, 6) is -0.0433. The first-order valence-electron chi connectivity index (χ1n) is 10.3. The van der Waals surface area contributed by atoms with Crippen molar-refractivity contribution in [1.82, 2.24) is 0 Å². The standard InChI is InChI=1S/C9H12NO2S.3C4H9.Sn/c1-7-3-4-9(5-8(7)2)6-13(10,11)12;3*1-3-4-2;/h4-5H,6H2,1-2H3,(H2,10,11,12);3*1,3-4H2,2H3;. The number of sulfonamides is 1. The van der Waals surface area contributed by atoms with Crippen LogP contribution in [0.5, 0.6) is 0 Å². The summed E-state index contributed by atoms with van der Waals surface area (Å²) in [6.45, 7) is 11.2. The summed E-state index contributed by atoms with van der Waals surface area (Å²) in [6, 6.07) is 4.27. The Morgan fingerprint density at radius 2 is 1.35 bits per heavy atom. The summed E-state index contributed by atoms with van der Waals surface area (Å²) in [5, 5.41) is 5.34. The first kappa shape index (κ1) is 24.0. The van der Waals surface area contributed by atoms with Gasteiger partial charge in [0.2, 0.25) is 0 Å². The Morgan fingerprint density at radius 3 is 1.73 bits per heavy atom. The van der Waals surface area contributed by atoms with E-state index in [1.54, 1.807) is 3.58 Å². The number of nitrogens with two attached hydrogens (primary N) is 1. The monoisotopic (exact) mass is 489 g/mol. The molecule has 0 radical (unpaired) electrons. The Bertz CT molecular complexity index is 649. The number of primary sulfonamides is 1. The van der Waals surface area contributed by atoms with Gasteiger partial charge in [0.15, 0.2) is 0 Å². The van der Waals surface area contributed by atoms with Gasteiger partial charge < -0.3 is 0 Å². The minimum atomic E-state index is -3.50. The molecule has 0 spiro atoms. The summed E-state index contributed by atoms with van der Waals surface area (Å²) in [6.07, 6.45) is 7.65. The SMILES string of the molecule is CCC[CH2][Sn]([CH2]CCC)([CH2]CCC)[c]1cc(CS(N)(=O)=O)cc(C)c1C. The van der Waals surface area contributed by atoms with Crippen molar-refractivity contribution in [2.24, 2.45) is 5.14 Å². The summed E-state index contributed by atoms with van der Waals surface area (Å²) >= 11 is -2.58. The van der Waals surface area contributed by atoms with Crippen molar-refractivity contribution < 1.29 is 8.42 Å². The Kier molecular flexibility index (Phi) is 10.2. The fourth-order valence-electron chi connectivity index (χ4n) is 4.13. The number of hydrogen-bond acceptors (Lipinski definition) is 2. The summed E-state index contributed by atoms with van der Waals surface area (Å²) in [5.41, 5.74) is 3.53. The molecule has 0 saturated heterocycles. The molecule has 1 aromatic rings. The van der Waals surface area contributed by atoms with E-state index >= 15 is 0 Å². The molecule has 2 N–H and O–H groups in total. The van der Waals surface area contributed by atoms with Gasteiger partial charge in [0.05, 0.1) is 0 Å². The van der Waals surface area contributed by atoms with E-state index < -0.39 is 28.4 Å². The molecule has 0 saturated carbocycles. The van der Waals surface area contributed by atoms with Crippen LogP contribution in [0.15, 0.2) is 12.1 Å². The van der Waals surface area contributed by atoms with E-state index in [1.807, 2.05) is 6.07 Å². The minimum absolute atomic E-state index is 0.0433. The second kappa shape index (κ2) is 11.1. The van der Waals surface area contributed by atoms with Gasteiger partial charge in [-0.2, -0.15) is 0 Å². The van der Waals surface area contributed by atoms with Gasteiger partial charge in [0, 0.05) is 0 Å². The molecule has 0 fully saturated rings. The molecule has 5 heteroatoms. The molecule has 0 aromatic heterocycles. The van der Waals surface area contributed by atoms with Gasteiger partial charge in [-0.15, -0.1) is 0 Å². The zero-order valence-electron chi connectivity index (χ0n) is 17.5. The molecule has 0 unspecified atom stereocenters. The molecule has 150 valence electrons. The van der Waals surface area contributed by atoms with Crippen LogP contribution in [0.3, 0.4) is 0 Å². The molecule has 0 aliphatic carbocycles. The van der Waals surface area contributed by atoms with E-state index in [9.17, 15) is 8.42 Å². The van der Waals surface area contributed by atoms with Crippen LogP contribution in [0.2, 0.25) is 13.3 Å². The third kappa shape index (κ3) is 7.16. The molecule has 0 atom stereocenters. The average Bonchev–Trinajstić information content (AvgIpc) is 2.56. The number of unbranched alkanes of at least 4 members (excludes halogenated alkanes) is 3. The van der Waals surface area contributed by atoms with Crippen LogP contribution in [0.25, 0.3) is 0 Å². The maximum atomic E-state index is 11.7. The average molecular weight is 488 g/mol. The summed E-state index contributed by atoms with van der Waals surface area (Å²) in [4.78, 5) is 0. The van der Waals surface area contributed by atoms with Gasteiger partial charge in [-0.3, -0.25) is 0 Å². The molecule has 0 heterocycles. The van der Waals surface area contributed by atoms with Crippen molar-refractivity contribution in [2.75, 3.05) is 0 Å². The van der Waals surface area contributed by atoms with Crippen LogP contribution < -0.4 is 8.72 Å². The van der Waals surface area contributed by atoms with Crippen molar-refractivity contribution in [1.29, 1.82) is 0 Å². The van der Waals surface area contributed by atoms with Crippen molar-refractivity contribution in [2.45, 2.75) is 92.2 Å². The predicted molar refractivity (Wildman–Crippen MR) is 117 cm³/mol. The maximum absolute atomic E-state index is 11.7. The number of hydrogen-bond donors (Lipinski definition) is 1. The molecule has 0 aliphatic rings. The van der Waals surface area contributed by atoms with E-state index in [0.29, 0.717) is 0 Å². The first-order chi connectivity index (χ1) is 12.2. The number of benzene rings is 1.